The standard InChI is InChI=1S/2C17H12N.C15H16N.C13H8N.C10H6S.3C5H8O2.5Ir/c1-2-8-14(9-3-1)15-10-4-5-11-16(15)17-12-6-7-13-18-17;1-2-6-14(7-3-1)15-9-11-16(12-10-15)17-8-4-5-13-18-17;1-15(2,3)13-9-7-12(8-10-13)14-6-4-5-11-16-14;1-2-6-12-10(4-1)7-8-11-5-3-9-14-13(11)12;1-2-5-9(6-3-1)10-7-4-8-11-10;3*1-4(6)3-5(2)7;;;;;/h1-10,12-13H;1-11,13H;4-7,9-11H,1-3H3;1-5,7-9H;1-5,8H;3*3,6H,1-2H3;;;;;/q4*-1;-2;;;;;;;;. The topological polar surface area (TPSA) is 163 Å². The van der Waals surface area contributed by atoms with Crippen molar-refractivity contribution in [2.24, 2.45) is 0 Å². The second-order valence-electron chi connectivity index (χ2n) is 22.7. The Morgan fingerprint density at radius 3 is 1.29 bits per heavy atom. The number of ketones is 3. The fourth-order valence-corrected chi connectivity index (χ4v) is 9.71. The summed E-state index contributed by atoms with van der Waals surface area (Å²) < 4.78 is 0. The number of rotatable bonds is 9. The Hall–Kier alpha value is -8.54. The van der Waals surface area contributed by atoms with E-state index in [-0.39, 0.29) is 141 Å². The smallest absolute Gasteiger partial charge is 0.155 e. The molecule has 3 N–H and O–H groups in total. The number of hydrogen-bond donors (Lipinski definition) is 3. The first-order valence-electron chi connectivity index (χ1n) is 31.3. The average molecular weight is 2270 g/mol. The van der Waals surface area contributed by atoms with Crippen molar-refractivity contribution in [1.29, 1.82) is 0 Å². The number of aliphatic hydroxyl groups is 3. The van der Waals surface area contributed by atoms with Crippen molar-refractivity contribution < 1.29 is 130 Å². The molecule has 5 radical (unpaired) electrons. The number of fused-ring (bicyclic) bond motifs is 3. The first-order valence-corrected chi connectivity index (χ1v) is 32.2. The summed E-state index contributed by atoms with van der Waals surface area (Å²) in [6.45, 7) is 15.2. The number of hydrogen-bond acceptors (Lipinski definition) is 11. The van der Waals surface area contributed by atoms with E-state index in [1.54, 1.807) is 23.7 Å². The number of aromatic nitrogens is 4. The maximum Gasteiger partial charge on any atom is 0.155 e. The van der Waals surface area contributed by atoms with Crippen LogP contribution in [0.4, 0.5) is 0 Å². The molecule has 0 spiro atoms. The van der Waals surface area contributed by atoms with Gasteiger partial charge in [-0.1, -0.05) is 158 Å². The number of thiophene rings is 1. The van der Waals surface area contributed by atoms with Crippen LogP contribution in [0.5, 0.6) is 0 Å². The van der Waals surface area contributed by atoms with Crippen molar-refractivity contribution in [3.63, 3.8) is 0 Å². The summed E-state index contributed by atoms with van der Waals surface area (Å²) in [5.41, 5.74) is 14.4. The molecule has 0 bridgehead atoms. The van der Waals surface area contributed by atoms with Crippen LogP contribution in [0, 0.1) is 36.4 Å². The molecule has 5 heterocycles. The van der Waals surface area contributed by atoms with Crippen LogP contribution >= 0.6 is 11.3 Å². The summed E-state index contributed by atoms with van der Waals surface area (Å²) in [4.78, 5) is 48.6. The second kappa shape index (κ2) is 50.8. The minimum Gasteiger partial charge on any atom is -0.512 e. The number of carbonyl (C=O) groups excluding carboxylic acids is 3. The monoisotopic (exact) mass is 2270 g/mol. The molecule has 10 nitrogen and oxygen atoms in total. The van der Waals surface area contributed by atoms with E-state index in [2.05, 4.69) is 162 Å². The summed E-state index contributed by atoms with van der Waals surface area (Å²) in [5.74, 6) is -0.187. The summed E-state index contributed by atoms with van der Waals surface area (Å²) in [7, 11) is 0. The molecule has 0 aliphatic heterocycles. The van der Waals surface area contributed by atoms with Gasteiger partial charge in [-0.2, -0.15) is 29.1 Å². The molecule has 0 amide bonds. The van der Waals surface area contributed by atoms with Gasteiger partial charge in [0.25, 0.3) is 0 Å². The van der Waals surface area contributed by atoms with Gasteiger partial charge < -0.3 is 35.3 Å². The molecule has 5 aromatic heterocycles. The number of benzene rings is 8. The van der Waals surface area contributed by atoms with E-state index in [1.165, 1.54) is 92.8 Å². The van der Waals surface area contributed by atoms with Gasteiger partial charge in [-0.05, 0) is 99.2 Å². The summed E-state index contributed by atoms with van der Waals surface area (Å²) >= 11 is 1.69. The van der Waals surface area contributed by atoms with E-state index in [0.717, 1.165) is 60.7 Å². The third-order valence-electron chi connectivity index (χ3n) is 13.4. The molecule has 103 heavy (non-hydrogen) atoms. The van der Waals surface area contributed by atoms with Crippen LogP contribution in [0.3, 0.4) is 0 Å². The van der Waals surface area contributed by atoms with Crippen LogP contribution in [0.25, 0.3) is 88.1 Å². The molecule has 16 heteroatoms. The van der Waals surface area contributed by atoms with Gasteiger partial charge in [-0.25, -0.2) is 17.7 Å². The molecule has 0 saturated carbocycles. The third kappa shape index (κ3) is 34.5. The molecule has 13 aromatic rings. The van der Waals surface area contributed by atoms with Crippen LogP contribution in [-0.4, -0.2) is 52.6 Å². The van der Waals surface area contributed by atoms with Crippen LogP contribution in [0.15, 0.2) is 308 Å². The number of carbonyl (C=O) groups is 3. The quantitative estimate of drug-likeness (QED) is 0.0549. The predicted molar refractivity (Wildman–Crippen MR) is 402 cm³/mol. The molecule has 0 saturated heterocycles. The largest absolute Gasteiger partial charge is 0.512 e. The van der Waals surface area contributed by atoms with Crippen LogP contribution in [0.1, 0.15) is 67.9 Å². The van der Waals surface area contributed by atoms with E-state index in [0.29, 0.717) is 0 Å². The number of nitrogens with zero attached hydrogens (tertiary/aromatic N) is 4. The molecule has 0 unspecified atom stereocenters. The molecule has 0 aliphatic carbocycles. The van der Waals surface area contributed by atoms with Gasteiger partial charge in [0.05, 0.1) is 17.3 Å². The number of pyridine rings is 4. The van der Waals surface area contributed by atoms with Gasteiger partial charge in [0.2, 0.25) is 0 Å². The molecular formula is C87H78Ir5N4O6S-6. The number of allylic oxidation sites excluding steroid dienone is 6. The van der Waals surface area contributed by atoms with E-state index >= 15 is 0 Å². The Balaban J connectivity index is 0.000000599. The Morgan fingerprint density at radius 1 is 0.379 bits per heavy atom. The van der Waals surface area contributed by atoms with Gasteiger partial charge in [0.15, 0.2) is 17.3 Å². The summed E-state index contributed by atoms with van der Waals surface area (Å²) in [6, 6.07) is 100. The second-order valence-corrected chi connectivity index (χ2v) is 23.6. The van der Waals surface area contributed by atoms with Crippen LogP contribution in [0.2, 0.25) is 0 Å². The van der Waals surface area contributed by atoms with Crippen LogP contribution in [-0.2, 0) is 120 Å². The van der Waals surface area contributed by atoms with Crippen LogP contribution < -0.4 is 0 Å². The Kier molecular flexibility index (Phi) is 45.6. The molecular weight excluding hydrogens is 2190 g/mol. The normalized spacial score (nSPS) is 10.2. The first-order chi connectivity index (χ1) is 47.2. The summed E-state index contributed by atoms with van der Waals surface area (Å²) in [5, 5.41) is 30.6. The average Bonchev–Trinajstić information content (AvgIpc) is 1.15. The van der Waals surface area contributed by atoms with Gasteiger partial charge in [-0.3, -0.25) is 25.7 Å². The maximum atomic E-state index is 10.0. The van der Waals surface area contributed by atoms with Crippen molar-refractivity contribution in [1.82, 2.24) is 19.9 Å². The Morgan fingerprint density at radius 2 is 0.845 bits per heavy atom. The number of aliphatic hydroxyl groups excluding tert-OH is 3. The predicted octanol–water partition coefficient (Wildman–Crippen LogP) is 21.6. The van der Waals surface area contributed by atoms with E-state index in [4.69, 9.17) is 15.3 Å². The fourth-order valence-electron chi connectivity index (χ4n) is 9.05. The minimum atomic E-state index is -0.125. The molecule has 0 atom stereocenters. The fraction of sp³-hybridized carbons (Fsp3) is 0.115. The zero-order valence-electron chi connectivity index (χ0n) is 58.1. The van der Waals surface area contributed by atoms with Gasteiger partial charge in [-0.15, -0.1) is 142 Å². The van der Waals surface area contributed by atoms with Crippen molar-refractivity contribution in [3.8, 4) is 66.5 Å². The van der Waals surface area contributed by atoms with E-state index in [9.17, 15) is 14.4 Å². The van der Waals surface area contributed by atoms with Crippen molar-refractivity contribution in [2.75, 3.05) is 0 Å². The molecule has 539 valence electrons. The van der Waals surface area contributed by atoms with E-state index in [1.807, 2.05) is 175 Å². The van der Waals surface area contributed by atoms with E-state index < -0.39 is 0 Å². The SMILES string of the molecule is CC(=O)C=C(C)O.CC(=O)C=C(C)O.CC(=O)C=C(C)O.CC(C)(C)c1c[c-]c(-c2ccccn2)cc1.[Ir].[Ir].[Ir].[Ir].[Ir].[c-]1cc(-c2ccccc2)ccc1-c1ccccn1.[c-]1cccc(-c2ccccc2)c1-c1ccccn1.[c-]1cccc2ccc3cccnc3c12.[c-]1ccccc1-c1[c-]ccs1. The third-order valence-corrected chi connectivity index (χ3v) is 14.3. The maximum absolute atomic E-state index is 10.0. The zero-order chi connectivity index (χ0) is 70.5. The molecule has 8 aromatic carbocycles. The molecule has 13 rings (SSSR count). The van der Waals surface area contributed by atoms with Crippen molar-refractivity contribution in [3.05, 3.63) is 350 Å². The minimum absolute atomic E-state index is 0. The Bertz CT molecular complexity index is 4360. The zero-order valence-corrected chi connectivity index (χ0v) is 70.9. The van der Waals surface area contributed by atoms with Crippen molar-refractivity contribution >= 4 is 50.4 Å². The van der Waals surface area contributed by atoms with Gasteiger partial charge in [0.1, 0.15) is 0 Å². The first kappa shape index (κ1) is 92.5. The van der Waals surface area contributed by atoms with Gasteiger partial charge in [0, 0.05) is 144 Å². The van der Waals surface area contributed by atoms with Crippen molar-refractivity contribution in [2.45, 2.75) is 67.7 Å². The molecule has 0 aliphatic rings. The summed E-state index contributed by atoms with van der Waals surface area (Å²) in [6.07, 6.45) is 10.7. The Labute approximate surface area is 678 Å². The van der Waals surface area contributed by atoms with Gasteiger partial charge >= 0.3 is 0 Å². The molecule has 0 fully saturated rings.